The zero-order valence-corrected chi connectivity index (χ0v) is 16.1. The van der Waals surface area contributed by atoms with E-state index in [0.29, 0.717) is 23.5 Å². The van der Waals surface area contributed by atoms with Crippen molar-refractivity contribution in [1.82, 2.24) is 0 Å². The van der Waals surface area contributed by atoms with Crippen molar-refractivity contribution < 1.29 is 19.4 Å². The van der Waals surface area contributed by atoms with E-state index in [0.717, 1.165) is 12.8 Å². The first-order valence-electron chi connectivity index (χ1n) is 9.81. The number of ether oxygens (including phenoxy) is 1. The van der Waals surface area contributed by atoms with E-state index < -0.39 is 0 Å². The van der Waals surface area contributed by atoms with E-state index in [1.54, 1.807) is 18.2 Å². The lowest BCUT2D eigenvalue weighted by atomic mass is 10.0. The summed E-state index contributed by atoms with van der Waals surface area (Å²) in [6, 6.07) is 9.34. The fraction of sp³-hybridized carbons (Fsp3) is 0.348. The van der Waals surface area contributed by atoms with Crippen LogP contribution in [0.5, 0.6) is 17.2 Å². The predicted molar refractivity (Wildman–Crippen MR) is 110 cm³/mol. The van der Waals surface area contributed by atoms with E-state index in [-0.39, 0.29) is 27.9 Å². The fourth-order valence-electron chi connectivity index (χ4n) is 3.20. The Kier molecular flexibility index (Phi) is 6.58. The number of phenolic OH excluding ortho intramolecular Hbond substituents is 2. The van der Waals surface area contributed by atoms with Crippen LogP contribution in [-0.2, 0) is 0 Å². The number of hydrogen-bond acceptors (Lipinski definition) is 5. The standard InChI is InChI=1S/C23H26O5/c1-2-3-4-5-6-7-12-27-18-13-20(25)22-21(14-18)28-15-19(23(22)26)16-8-10-17(24)11-9-16/h8-11,13-15,24-25H,2-7,12H2,1H3. The number of rotatable bonds is 9. The molecule has 28 heavy (non-hydrogen) atoms. The Hall–Kier alpha value is -2.95. The minimum absolute atomic E-state index is 0.115. The molecule has 0 saturated heterocycles. The van der Waals surface area contributed by atoms with Crippen molar-refractivity contribution in [3.8, 4) is 28.4 Å². The van der Waals surface area contributed by atoms with Gasteiger partial charge in [-0.3, -0.25) is 4.79 Å². The van der Waals surface area contributed by atoms with Gasteiger partial charge in [0.15, 0.2) is 0 Å². The molecule has 0 atom stereocenters. The highest BCUT2D eigenvalue weighted by molar-refractivity contribution is 5.88. The summed E-state index contributed by atoms with van der Waals surface area (Å²) < 4.78 is 11.3. The Morgan fingerprint density at radius 2 is 1.68 bits per heavy atom. The summed E-state index contributed by atoms with van der Waals surface area (Å²) >= 11 is 0. The third kappa shape index (κ3) is 4.66. The Bertz CT molecular complexity index is 973. The fourth-order valence-corrected chi connectivity index (χ4v) is 3.20. The lowest BCUT2D eigenvalue weighted by Crippen LogP contribution is -2.05. The van der Waals surface area contributed by atoms with Crippen LogP contribution in [0.3, 0.4) is 0 Å². The largest absolute Gasteiger partial charge is 0.508 e. The second kappa shape index (κ2) is 9.31. The van der Waals surface area contributed by atoms with Gasteiger partial charge in [0.2, 0.25) is 5.43 Å². The molecule has 0 radical (unpaired) electrons. The number of phenols is 2. The predicted octanol–water partition coefficient (Wildman–Crippen LogP) is 5.61. The van der Waals surface area contributed by atoms with Gasteiger partial charge in [0.1, 0.15) is 34.5 Å². The van der Waals surface area contributed by atoms with Gasteiger partial charge in [-0.05, 0) is 24.1 Å². The molecule has 0 amide bonds. The first-order chi connectivity index (χ1) is 13.6. The molecule has 0 unspecified atom stereocenters. The molecule has 0 fully saturated rings. The number of aromatic hydroxyl groups is 2. The molecule has 1 heterocycles. The molecular weight excluding hydrogens is 356 g/mol. The van der Waals surface area contributed by atoms with Gasteiger partial charge in [0.05, 0.1) is 12.2 Å². The topological polar surface area (TPSA) is 79.9 Å². The molecule has 0 aliphatic heterocycles. The molecule has 2 aromatic carbocycles. The normalized spacial score (nSPS) is 11.0. The van der Waals surface area contributed by atoms with Crippen LogP contribution < -0.4 is 10.2 Å². The minimum atomic E-state index is -0.327. The van der Waals surface area contributed by atoms with E-state index in [9.17, 15) is 15.0 Å². The van der Waals surface area contributed by atoms with Crippen LogP contribution in [0.4, 0.5) is 0 Å². The van der Waals surface area contributed by atoms with E-state index in [1.807, 2.05) is 0 Å². The zero-order chi connectivity index (χ0) is 19.9. The second-order valence-corrected chi connectivity index (χ2v) is 6.96. The Morgan fingerprint density at radius 1 is 0.964 bits per heavy atom. The molecule has 2 N–H and O–H groups in total. The van der Waals surface area contributed by atoms with Crippen LogP contribution in [0, 0.1) is 0 Å². The quantitative estimate of drug-likeness (QED) is 0.470. The van der Waals surface area contributed by atoms with Gasteiger partial charge >= 0.3 is 0 Å². The molecule has 5 nitrogen and oxygen atoms in total. The van der Waals surface area contributed by atoms with Crippen molar-refractivity contribution in [2.24, 2.45) is 0 Å². The molecule has 3 rings (SSSR count). The summed E-state index contributed by atoms with van der Waals surface area (Å²) in [7, 11) is 0. The third-order valence-electron chi connectivity index (χ3n) is 4.78. The van der Waals surface area contributed by atoms with Gasteiger partial charge in [-0.2, -0.15) is 0 Å². The summed E-state index contributed by atoms with van der Waals surface area (Å²) in [4.78, 5) is 12.8. The summed E-state index contributed by atoms with van der Waals surface area (Å²) in [5.41, 5.74) is 0.886. The average Bonchev–Trinajstić information content (AvgIpc) is 2.68. The first kappa shape index (κ1) is 19.8. The smallest absolute Gasteiger partial charge is 0.204 e. The van der Waals surface area contributed by atoms with Crippen LogP contribution in [0.25, 0.3) is 22.1 Å². The van der Waals surface area contributed by atoms with Crippen molar-refractivity contribution in [1.29, 1.82) is 0 Å². The van der Waals surface area contributed by atoms with E-state index >= 15 is 0 Å². The van der Waals surface area contributed by atoms with Crippen molar-refractivity contribution >= 4 is 11.0 Å². The van der Waals surface area contributed by atoms with Gasteiger partial charge in [0, 0.05) is 12.1 Å². The molecule has 3 aromatic rings. The molecule has 5 heteroatoms. The third-order valence-corrected chi connectivity index (χ3v) is 4.78. The highest BCUT2D eigenvalue weighted by Crippen LogP contribution is 2.30. The molecule has 0 spiro atoms. The van der Waals surface area contributed by atoms with Crippen molar-refractivity contribution in [3.63, 3.8) is 0 Å². The summed E-state index contributed by atoms with van der Waals surface area (Å²) in [5.74, 6) is 0.438. The van der Waals surface area contributed by atoms with Crippen molar-refractivity contribution in [2.45, 2.75) is 45.4 Å². The maximum Gasteiger partial charge on any atom is 0.204 e. The van der Waals surface area contributed by atoms with Gasteiger partial charge in [-0.25, -0.2) is 0 Å². The maximum atomic E-state index is 12.8. The average molecular weight is 382 g/mol. The second-order valence-electron chi connectivity index (χ2n) is 6.96. The van der Waals surface area contributed by atoms with Crippen molar-refractivity contribution in [3.05, 3.63) is 52.9 Å². The van der Waals surface area contributed by atoms with E-state index in [1.165, 1.54) is 50.1 Å². The SMILES string of the molecule is CCCCCCCCOc1cc(O)c2c(=O)c(-c3ccc(O)cc3)coc2c1. The molecule has 0 aliphatic rings. The zero-order valence-electron chi connectivity index (χ0n) is 16.1. The highest BCUT2D eigenvalue weighted by atomic mass is 16.5. The summed E-state index contributed by atoms with van der Waals surface area (Å²) in [6.07, 6.45) is 8.39. The molecular formula is C23H26O5. The van der Waals surface area contributed by atoms with Gasteiger partial charge in [-0.15, -0.1) is 0 Å². The molecule has 0 bridgehead atoms. The number of fused-ring (bicyclic) bond motifs is 1. The molecule has 1 aromatic heterocycles. The van der Waals surface area contributed by atoms with Crippen molar-refractivity contribution in [2.75, 3.05) is 6.61 Å². The molecule has 0 saturated carbocycles. The minimum Gasteiger partial charge on any atom is -0.508 e. The lowest BCUT2D eigenvalue weighted by Gasteiger charge is -2.09. The maximum absolute atomic E-state index is 12.8. The number of hydrogen-bond donors (Lipinski definition) is 2. The Labute approximate surface area is 164 Å². The van der Waals surface area contributed by atoms with Crippen LogP contribution in [0.2, 0.25) is 0 Å². The van der Waals surface area contributed by atoms with Crippen LogP contribution >= 0.6 is 0 Å². The van der Waals surface area contributed by atoms with Gasteiger partial charge < -0.3 is 19.4 Å². The molecule has 148 valence electrons. The Balaban J connectivity index is 1.74. The summed E-state index contributed by atoms with van der Waals surface area (Å²) in [5, 5.41) is 19.9. The van der Waals surface area contributed by atoms with Crippen LogP contribution in [0.15, 0.2) is 51.9 Å². The van der Waals surface area contributed by atoms with Crippen LogP contribution in [0.1, 0.15) is 45.4 Å². The monoisotopic (exact) mass is 382 g/mol. The Morgan fingerprint density at radius 3 is 2.43 bits per heavy atom. The summed E-state index contributed by atoms with van der Waals surface area (Å²) in [6.45, 7) is 2.76. The number of benzene rings is 2. The number of unbranched alkanes of at least 4 members (excludes halogenated alkanes) is 5. The van der Waals surface area contributed by atoms with E-state index in [4.69, 9.17) is 9.15 Å². The first-order valence-corrected chi connectivity index (χ1v) is 9.81. The lowest BCUT2D eigenvalue weighted by molar-refractivity contribution is 0.303. The molecule has 0 aliphatic carbocycles. The van der Waals surface area contributed by atoms with Gasteiger partial charge in [0.25, 0.3) is 0 Å². The van der Waals surface area contributed by atoms with Gasteiger partial charge in [-0.1, -0.05) is 51.2 Å². The van der Waals surface area contributed by atoms with Crippen LogP contribution in [-0.4, -0.2) is 16.8 Å². The highest BCUT2D eigenvalue weighted by Gasteiger charge is 2.14. The van der Waals surface area contributed by atoms with E-state index in [2.05, 4.69) is 6.92 Å².